The van der Waals surface area contributed by atoms with E-state index in [1.54, 1.807) is 11.3 Å². The lowest BCUT2D eigenvalue weighted by atomic mass is 10.1. The molecule has 0 radical (unpaired) electrons. The number of nitrogens with zero attached hydrogens (tertiary/aromatic N) is 2. The summed E-state index contributed by atoms with van der Waals surface area (Å²) in [5.41, 5.74) is 0.256. The highest BCUT2D eigenvalue weighted by Crippen LogP contribution is 2.24. The Hall–Kier alpha value is -2.63. The summed E-state index contributed by atoms with van der Waals surface area (Å²) in [6.45, 7) is 3.29. The first-order valence-electron chi connectivity index (χ1n) is 9.57. The van der Waals surface area contributed by atoms with Crippen molar-refractivity contribution in [1.29, 1.82) is 0 Å². The van der Waals surface area contributed by atoms with Crippen LogP contribution in [0.4, 0.5) is 18.9 Å². The fourth-order valence-corrected chi connectivity index (χ4v) is 4.12. The van der Waals surface area contributed by atoms with Crippen molar-refractivity contribution in [1.82, 2.24) is 9.80 Å². The van der Waals surface area contributed by atoms with Crippen molar-refractivity contribution in [2.75, 3.05) is 31.5 Å². The fourth-order valence-electron chi connectivity index (χ4n) is 3.37. The van der Waals surface area contributed by atoms with Gasteiger partial charge in [-0.3, -0.25) is 19.4 Å². The predicted octanol–water partition coefficient (Wildman–Crippen LogP) is 3.25. The molecule has 2 N–H and O–H groups in total. The van der Waals surface area contributed by atoms with E-state index < -0.39 is 30.0 Å². The molecule has 7 nitrogen and oxygen atoms in total. The summed E-state index contributed by atoms with van der Waals surface area (Å²) in [6, 6.07) is 7.88. The van der Waals surface area contributed by atoms with Gasteiger partial charge >= 0.3 is 12.3 Å². The third-order valence-corrected chi connectivity index (χ3v) is 5.69. The smallest absolute Gasteiger partial charge is 0.481 e. The van der Waals surface area contributed by atoms with Crippen LogP contribution in [0.3, 0.4) is 0 Å². The van der Waals surface area contributed by atoms with E-state index in [-0.39, 0.29) is 12.1 Å². The van der Waals surface area contributed by atoms with Crippen LogP contribution < -0.4 is 10.1 Å². The molecule has 3 rings (SSSR count). The Bertz CT molecular complexity index is 867. The van der Waals surface area contributed by atoms with Gasteiger partial charge in [-0.25, -0.2) is 0 Å². The predicted molar refractivity (Wildman–Crippen MR) is 109 cm³/mol. The average molecular weight is 457 g/mol. The first-order valence-corrected chi connectivity index (χ1v) is 10.4. The third-order valence-electron chi connectivity index (χ3n) is 4.83. The zero-order chi connectivity index (χ0) is 22.4. The molecular formula is C20H22F3N3O4S. The molecule has 31 heavy (non-hydrogen) atoms. The Morgan fingerprint density at radius 1 is 1.13 bits per heavy atom. The van der Waals surface area contributed by atoms with Gasteiger partial charge in [0.15, 0.2) is 0 Å². The fraction of sp³-hybridized carbons (Fsp3) is 0.400. The quantitative estimate of drug-likeness (QED) is 0.634. The van der Waals surface area contributed by atoms with E-state index in [0.717, 1.165) is 18.7 Å². The molecular weight excluding hydrogens is 435 g/mol. The molecule has 168 valence electrons. The number of rotatable bonds is 8. The molecule has 0 spiro atoms. The highest BCUT2D eigenvalue weighted by atomic mass is 32.1. The number of alkyl halides is 3. The van der Waals surface area contributed by atoms with Gasteiger partial charge in [0.05, 0.1) is 6.42 Å². The first-order chi connectivity index (χ1) is 14.7. The van der Waals surface area contributed by atoms with Gasteiger partial charge in [-0.05, 0) is 35.7 Å². The summed E-state index contributed by atoms with van der Waals surface area (Å²) in [4.78, 5) is 29.4. The maximum Gasteiger partial charge on any atom is 0.573 e. The maximum absolute atomic E-state index is 12.8. The summed E-state index contributed by atoms with van der Waals surface area (Å²) in [5.74, 6) is -2.02. The Morgan fingerprint density at radius 2 is 1.81 bits per heavy atom. The molecule has 0 aliphatic carbocycles. The number of carbonyl (C=O) groups is 2. The number of hydrogen-bond acceptors (Lipinski definition) is 6. The minimum absolute atomic E-state index is 0.256. The van der Waals surface area contributed by atoms with E-state index in [1.165, 1.54) is 17.0 Å². The van der Waals surface area contributed by atoms with Crippen molar-refractivity contribution < 1.29 is 32.6 Å². The van der Waals surface area contributed by atoms with Crippen LogP contribution in [0.1, 0.15) is 11.3 Å². The van der Waals surface area contributed by atoms with E-state index >= 15 is 0 Å². The SMILES string of the molecule is O=C(O)CC(C(=O)Nc1ccc(OC(F)(F)F)cc1)N1CCN(Cc2cccs2)CC1. The second-order valence-corrected chi connectivity index (χ2v) is 8.10. The number of halogens is 3. The first kappa shape index (κ1) is 23.0. The highest BCUT2D eigenvalue weighted by Gasteiger charge is 2.32. The topological polar surface area (TPSA) is 82.1 Å². The number of anilines is 1. The Balaban J connectivity index is 1.58. The van der Waals surface area contributed by atoms with Crippen LogP contribution in [-0.2, 0) is 16.1 Å². The molecule has 1 saturated heterocycles. The number of ether oxygens (including phenoxy) is 1. The number of aliphatic carboxylic acids is 1. The number of carboxylic acid groups (broad SMARTS) is 1. The third kappa shape index (κ3) is 7.23. The molecule has 1 atom stereocenters. The van der Waals surface area contributed by atoms with Crippen molar-refractivity contribution in [2.45, 2.75) is 25.4 Å². The van der Waals surface area contributed by atoms with E-state index in [1.807, 2.05) is 16.3 Å². The van der Waals surface area contributed by atoms with Crippen LogP contribution in [0.25, 0.3) is 0 Å². The molecule has 1 aromatic carbocycles. The van der Waals surface area contributed by atoms with Gasteiger partial charge in [0, 0.05) is 43.3 Å². The molecule has 1 aliphatic heterocycles. The molecule has 1 unspecified atom stereocenters. The molecule has 11 heteroatoms. The number of hydrogen-bond donors (Lipinski definition) is 2. The number of amides is 1. The van der Waals surface area contributed by atoms with E-state index in [4.69, 9.17) is 0 Å². The maximum atomic E-state index is 12.8. The normalized spacial score (nSPS) is 16.6. The highest BCUT2D eigenvalue weighted by molar-refractivity contribution is 7.09. The van der Waals surface area contributed by atoms with Crippen LogP contribution >= 0.6 is 11.3 Å². The molecule has 0 saturated carbocycles. The van der Waals surface area contributed by atoms with Crippen LogP contribution in [0.5, 0.6) is 5.75 Å². The van der Waals surface area contributed by atoms with Crippen LogP contribution in [0.15, 0.2) is 41.8 Å². The summed E-state index contributed by atoms with van der Waals surface area (Å²) in [7, 11) is 0. The van der Waals surface area contributed by atoms with Gasteiger partial charge in [-0.1, -0.05) is 6.07 Å². The molecule has 1 fully saturated rings. The standard InChI is InChI=1S/C20H22F3N3O4S/c21-20(22,23)30-15-5-3-14(4-6-15)24-19(29)17(12-18(27)28)26-9-7-25(8-10-26)13-16-2-1-11-31-16/h1-6,11,17H,7-10,12-13H2,(H,24,29)(H,27,28). The van der Waals surface area contributed by atoms with E-state index in [2.05, 4.69) is 21.0 Å². The Labute approximate surface area is 181 Å². The van der Waals surface area contributed by atoms with Gasteiger partial charge in [0.2, 0.25) is 5.91 Å². The lowest BCUT2D eigenvalue weighted by Crippen LogP contribution is -2.54. The summed E-state index contributed by atoms with van der Waals surface area (Å²) < 4.78 is 40.6. The van der Waals surface area contributed by atoms with Gasteiger partial charge in [-0.15, -0.1) is 24.5 Å². The van der Waals surface area contributed by atoms with E-state index in [0.29, 0.717) is 26.2 Å². The Morgan fingerprint density at radius 3 is 2.35 bits per heavy atom. The van der Waals surface area contributed by atoms with Gasteiger partial charge in [0.25, 0.3) is 0 Å². The van der Waals surface area contributed by atoms with Crippen LogP contribution in [0, 0.1) is 0 Å². The largest absolute Gasteiger partial charge is 0.573 e. The number of benzene rings is 1. The van der Waals surface area contributed by atoms with Gasteiger partial charge < -0.3 is 15.2 Å². The number of piperazine rings is 1. The molecule has 1 aliphatic rings. The minimum Gasteiger partial charge on any atom is -0.481 e. The lowest BCUT2D eigenvalue weighted by molar-refractivity contribution is -0.274. The number of nitrogens with one attached hydrogen (secondary N) is 1. The zero-order valence-electron chi connectivity index (χ0n) is 16.5. The zero-order valence-corrected chi connectivity index (χ0v) is 17.3. The second-order valence-electron chi connectivity index (χ2n) is 7.07. The average Bonchev–Trinajstić information content (AvgIpc) is 3.20. The molecule has 1 amide bonds. The second kappa shape index (κ2) is 10.1. The van der Waals surface area contributed by atoms with Crippen LogP contribution in [0.2, 0.25) is 0 Å². The molecule has 0 bridgehead atoms. The van der Waals surface area contributed by atoms with Crippen molar-refractivity contribution >= 4 is 28.9 Å². The minimum atomic E-state index is -4.80. The van der Waals surface area contributed by atoms with Crippen molar-refractivity contribution in [3.05, 3.63) is 46.7 Å². The molecule has 2 heterocycles. The number of carbonyl (C=O) groups excluding carboxylic acids is 1. The monoisotopic (exact) mass is 457 g/mol. The van der Waals surface area contributed by atoms with E-state index in [9.17, 15) is 27.9 Å². The molecule has 2 aromatic rings. The Kier molecular flexibility index (Phi) is 7.52. The number of carboxylic acids is 1. The summed E-state index contributed by atoms with van der Waals surface area (Å²) >= 11 is 1.67. The van der Waals surface area contributed by atoms with Gasteiger partial charge in [0.1, 0.15) is 11.8 Å². The number of thiophene rings is 1. The van der Waals surface area contributed by atoms with Crippen molar-refractivity contribution in [3.63, 3.8) is 0 Å². The van der Waals surface area contributed by atoms with Gasteiger partial charge in [-0.2, -0.15) is 0 Å². The lowest BCUT2D eigenvalue weighted by Gasteiger charge is -2.38. The summed E-state index contributed by atoms with van der Waals surface area (Å²) in [5, 5.41) is 13.9. The van der Waals surface area contributed by atoms with Crippen molar-refractivity contribution in [2.24, 2.45) is 0 Å². The molecule has 1 aromatic heterocycles. The van der Waals surface area contributed by atoms with Crippen LogP contribution in [-0.4, -0.2) is 65.4 Å². The summed E-state index contributed by atoms with van der Waals surface area (Å²) in [6.07, 6.45) is -5.17. The van der Waals surface area contributed by atoms with Crippen molar-refractivity contribution in [3.8, 4) is 5.75 Å².